The predicted octanol–water partition coefficient (Wildman–Crippen LogP) is 3.36. The molecule has 0 radical (unpaired) electrons. The number of hydrogen-bond donors (Lipinski definition) is 1. The summed E-state index contributed by atoms with van der Waals surface area (Å²) < 4.78 is 0. The van der Waals surface area contributed by atoms with Crippen molar-refractivity contribution in [2.75, 3.05) is 0 Å². The second-order valence-electron chi connectivity index (χ2n) is 5.08. The Labute approximate surface area is 98.3 Å². The third kappa shape index (κ3) is 2.82. The second kappa shape index (κ2) is 5.44. The Bertz CT molecular complexity index is 329. The molecule has 2 heteroatoms. The third-order valence-electron chi connectivity index (χ3n) is 3.79. The van der Waals surface area contributed by atoms with Crippen molar-refractivity contribution in [2.45, 2.75) is 51.5 Å². The fourth-order valence-corrected chi connectivity index (χ4v) is 2.77. The molecular weight excluding hydrogens is 196 g/mol. The van der Waals surface area contributed by atoms with Gasteiger partial charge < -0.3 is 5.73 Å². The minimum atomic E-state index is 0.178. The molecule has 0 aliphatic heterocycles. The van der Waals surface area contributed by atoms with Gasteiger partial charge in [-0.1, -0.05) is 32.1 Å². The lowest BCUT2D eigenvalue weighted by molar-refractivity contribution is 0.319. The van der Waals surface area contributed by atoms with Crippen molar-refractivity contribution in [3.63, 3.8) is 0 Å². The molecule has 0 bridgehead atoms. The van der Waals surface area contributed by atoms with Crippen molar-refractivity contribution in [1.29, 1.82) is 0 Å². The lowest BCUT2D eigenvalue weighted by atomic mass is 9.83. The number of nitrogens with zero attached hydrogens (tertiary/aromatic N) is 1. The van der Waals surface area contributed by atoms with Gasteiger partial charge in [0.2, 0.25) is 0 Å². The molecule has 2 rings (SSSR count). The van der Waals surface area contributed by atoms with E-state index < -0.39 is 0 Å². The average Bonchev–Trinajstić information content (AvgIpc) is 2.31. The van der Waals surface area contributed by atoms with Gasteiger partial charge in [-0.25, -0.2) is 0 Å². The molecule has 0 aromatic carbocycles. The van der Waals surface area contributed by atoms with E-state index in [-0.39, 0.29) is 6.04 Å². The van der Waals surface area contributed by atoms with Crippen LogP contribution in [0.2, 0.25) is 0 Å². The molecule has 1 aliphatic carbocycles. The third-order valence-corrected chi connectivity index (χ3v) is 3.79. The standard InChI is InChI=1S/C14H22N2/c1-11-7-8-16-10-13(11)14(15)9-12-5-3-2-4-6-12/h7-8,10,12,14H,2-6,9,15H2,1H3. The van der Waals surface area contributed by atoms with Crippen LogP contribution in [0.25, 0.3) is 0 Å². The molecule has 88 valence electrons. The van der Waals surface area contributed by atoms with E-state index in [9.17, 15) is 0 Å². The summed E-state index contributed by atoms with van der Waals surface area (Å²) in [6.07, 6.45) is 11.8. The van der Waals surface area contributed by atoms with Crippen LogP contribution in [-0.2, 0) is 0 Å². The second-order valence-corrected chi connectivity index (χ2v) is 5.08. The lowest BCUT2D eigenvalue weighted by Crippen LogP contribution is -2.18. The van der Waals surface area contributed by atoms with Gasteiger partial charge in [-0.15, -0.1) is 0 Å². The summed E-state index contributed by atoms with van der Waals surface area (Å²) in [6, 6.07) is 2.23. The molecule has 0 amide bonds. The van der Waals surface area contributed by atoms with Crippen molar-refractivity contribution in [1.82, 2.24) is 4.98 Å². The van der Waals surface area contributed by atoms with Crippen LogP contribution in [0.4, 0.5) is 0 Å². The van der Waals surface area contributed by atoms with Crippen LogP contribution >= 0.6 is 0 Å². The van der Waals surface area contributed by atoms with Gasteiger partial charge in [0.05, 0.1) is 0 Å². The van der Waals surface area contributed by atoms with Crippen LogP contribution in [0, 0.1) is 12.8 Å². The SMILES string of the molecule is Cc1ccncc1C(N)CC1CCCCC1. The van der Waals surface area contributed by atoms with Crippen LogP contribution in [-0.4, -0.2) is 4.98 Å². The summed E-state index contributed by atoms with van der Waals surface area (Å²) in [5, 5.41) is 0. The Morgan fingerprint density at radius 3 is 2.81 bits per heavy atom. The first-order valence-electron chi connectivity index (χ1n) is 6.43. The van der Waals surface area contributed by atoms with Crippen molar-refractivity contribution >= 4 is 0 Å². The number of nitrogens with two attached hydrogens (primary N) is 1. The van der Waals surface area contributed by atoms with Crippen molar-refractivity contribution in [2.24, 2.45) is 11.7 Å². The highest BCUT2D eigenvalue weighted by atomic mass is 14.7. The number of aromatic nitrogens is 1. The quantitative estimate of drug-likeness (QED) is 0.845. The van der Waals surface area contributed by atoms with E-state index >= 15 is 0 Å². The Balaban J connectivity index is 1.96. The highest BCUT2D eigenvalue weighted by molar-refractivity contribution is 5.24. The number of aryl methyl sites for hydroxylation is 1. The van der Waals surface area contributed by atoms with Crippen molar-refractivity contribution < 1.29 is 0 Å². The van der Waals surface area contributed by atoms with E-state index in [4.69, 9.17) is 5.73 Å². The zero-order chi connectivity index (χ0) is 11.4. The number of hydrogen-bond acceptors (Lipinski definition) is 2. The van der Waals surface area contributed by atoms with Gasteiger partial charge in [-0.3, -0.25) is 4.98 Å². The zero-order valence-electron chi connectivity index (χ0n) is 10.2. The molecule has 1 aromatic rings. The Hall–Kier alpha value is -0.890. The smallest absolute Gasteiger partial charge is 0.0318 e. The van der Waals surface area contributed by atoms with Gasteiger partial charge in [0.15, 0.2) is 0 Å². The Morgan fingerprint density at radius 1 is 1.38 bits per heavy atom. The minimum Gasteiger partial charge on any atom is -0.324 e. The topological polar surface area (TPSA) is 38.9 Å². The first-order valence-corrected chi connectivity index (χ1v) is 6.43. The molecule has 1 aromatic heterocycles. The first-order chi connectivity index (χ1) is 7.77. The van der Waals surface area contributed by atoms with Gasteiger partial charge in [-0.05, 0) is 36.5 Å². The van der Waals surface area contributed by atoms with Crippen LogP contribution in [0.5, 0.6) is 0 Å². The molecule has 1 fully saturated rings. The summed E-state index contributed by atoms with van der Waals surface area (Å²) in [5.41, 5.74) is 8.79. The molecule has 1 heterocycles. The molecule has 1 unspecified atom stereocenters. The zero-order valence-corrected chi connectivity index (χ0v) is 10.2. The number of rotatable bonds is 3. The fourth-order valence-electron chi connectivity index (χ4n) is 2.77. The van der Waals surface area contributed by atoms with E-state index in [1.54, 1.807) is 0 Å². The predicted molar refractivity (Wildman–Crippen MR) is 67.1 cm³/mol. The summed E-state index contributed by atoms with van der Waals surface area (Å²) in [6.45, 7) is 2.12. The van der Waals surface area contributed by atoms with Crippen molar-refractivity contribution in [3.05, 3.63) is 29.6 Å². The molecule has 16 heavy (non-hydrogen) atoms. The normalized spacial score (nSPS) is 19.6. The number of pyridine rings is 1. The van der Waals surface area contributed by atoms with E-state index in [1.165, 1.54) is 43.2 Å². The summed E-state index contributed by atoms with van der Waals surface area (Å²) >= 11 is 0. The van der Waals surface area contributed by atoms with Gasteiger partial charge in [0.25, 0.3) is 0 Å². The van der Waals surface area contributed by atoms with E-state index in [1.807, 2.05) is 12.4 Å². The highest BCUT2D eigenvalue weighted by Crippen LogP contribution is 2.31. The minimum absolute atomic E-state index is 0.178. The molecule has 2 nitrogen and oxygen atoms in total. The first kappa shape index (κ1) is 11.6. The van der Waals surface area contributed by atoms with Gasteiger partial charge in [-0.2, -0.15) is 0 Å². The average molecular weight is 218 g/mol. The van der Waals surface area contributed by atoms with E-state index in [0.29, 0.717) is 0 Å². The van der Waals surface area contributed by atoms with Gasteiger partial charge in [0.1, 0.15) is 0 Å². The highest BCUT2D eigenvalue weighted by Gasteiger charge is 2.18. The maximum absolute atomic E-state index is 6.29. The van der Waals surface area contributed by atoms with E-state index in [0.717, 1.165) is 12.3 Å². The molecule has 1 aliphatic rings. The van der Waals surface area contributed by atoms with Gasteiger partial charge in [0, 0.05) is 18.4 Å². The largest absolute Gasteiger partial charge is 0.324 e. The van der Waals surface area contributed by atoms with Crippen LogP contribution in [0.1, 0.15) is 55.7 Å². The summed E-state index contributed by atoms with van der Waals surface area (Å²) in [5.74, 6) is 0.836. The van der Waals surface area contributed by atoms with Crippen molar-refractivity contribution in [3.8, 4) is 0 Å². The molecule has 0 saturated heterocycles. The Kier molecular flexibility index (Phi) is 3.94. The van der Waals surface area contributed by atoms with Crippen LogP contribution in [0.15, 0.2) is 18.5 Å². The molecule has 0 spiro atoms. The maximum Gasteiger partial charge on any atom is 0.0318 e. The monoisotopic (exact) mass is 218 g/mol. The van der Waals surface area contributed by atoms with Gasteiger partial charge >= 0.3 is 0 Å². The fraction of sp³-hybridized carbons (Fsp3) is 0.643. The lowest BCUT2D eigenvalue weighted by Gasteiger charge is -2.25. The van der Waals surface area contributed by atoms with Crippen LogP contribution < -0.4 is 5.73 Å². The van der Waals surface area contributed by atoms with E-state index in [2.05, 4.69) is 18.0 Å². The van der Waals surface area contributed by atoms with Crippen LogP contribution in [0.3, 0.4) is 0 Å². The molecule has 1 saturated carbocycles. The molecule has 2 N–H and O–H groups in total. The maximum atomic E-state index is 6.29. The molecule has 1 atom stereocenters. The summed E-state index contributed by atoms with van der Waals surface area (Å²) in [7, 11) is 0. The summed E-state index contributed by atoms with van der Waals surface area (Å²) in [4.78, 5) is 4.18. The Morgan fingerprint density at radius 2 is 2.12 bits per heavy atom. The molecular formula is C14H22N2.